The molecule has 2 heterocycles. The SMILES string of the molecule is Cc1ccsc1C(O)C1COC(C)C1. The number of aryl methyl sites for hydroxylation is 1. The van der Waals surface area contributed by atoms with Crippen molar-refractivity contribution in [1.29, 1.82) is 0 Å². The van der Waals surface area contributed by atoms with Gasteiger partial charge in [0.1, 0.15) is 0 Å². The van der Waals surface area contributed by atoms with Crippen LogP contribution in [0.15, 0.2) is 11.4 Å². The van der Waals surface area contributed by atoms with E-state index < -0.39 is 0 Å². The number of ether oxygens (including phenoxy) is 1. The third kappa shape index (κ3) is 1.85. The average Bonchev–Trinajstić information content (AvgIpc) is 2.73. The smallest absolute Gasteiger partial charge is 0.0935 e. The van der Waals surface area contributed by atoms with Crippen LogP contribution in [0.2, 0.25) is 0 Å². The molecule has 1 fully saturated rings. The van der Waals surface area contributed by atoms with Gasteiger partial charge >= 0.3 is 0 Å². The van der Waals surface area contributed by atoms with Gasteiger partial charge in [-0.2, -0.15) is 0 Å². The zero-order chi connectivity index (χ0) is 10.1. The van der Waals surface area contributed by atoms with E-state index in [-0.39, 0.29) is 12.0 Å². The highest BCUT2D eigenvalue weighted by Gasteiger charge is 2.30. The van der Waals surface area contributed by atoms with Crippen molar-refractivity contribution in [2.24, 2.45) is 5.92 Å². The Morgan fingerprint density at radius 2 is 2.43 bits per heavy atom. The fourth-order valence-corrected chi connectivity index (χ4v) is 2.98. The maximum atomic E-state index is 10.1. The molecule has 1 aliphatic rings. The summed E-state index contributed by atoms with van der Waals surface area (Å²) >= 11 is 1.64. The van der Waals surface area contributed by atoms with E-state index in [4.69, 9.17) is 4.74 Å². The third-order valence-corrected chi connectivity index (χ3v) is 3.94. The molecule has 2 nitrogen and oxygen atoms in total. The van der Waals surface area contributed by atoms with Gasteiger partial charge in [-0.1, -0.05) is 0 Å². The summed E-state index contributed by atoms with van der Waals surface area (Å²) in [6.07, 6.45) is 0.938. The second-order valence-electron chi connectivity index (χ2n) is 4.05. The van der Waals surface area contributed by atoms with E-state index in [0.717, 1.165) is 11.3 Å². The molecule has 0 bridgehead atoms. The molecule has 1 aliphatic heterocycles. The quantitative estimate of drug-likeness (QED) is 0.816. The largest absolute Gasteiger partial charge is 0.387 e. The molecule has 3 unspecified atom stereocenters. The first-order valence-electron chi connectivity index (χ1n) is 5.02. The predicted octanol–water partition coefficient (Wildman–Crippen LogP) is 2.51. The first-order chi connectivity index (χ1) is 6.68. The normalized spacial score (nSPS) is 29.4. The molecule has 0 amide bonds. The van der Waals surface area contributed by atoms with E-state index in [1.165, 1.54) is 5.56 Å². The van der Waals surface area contributed by atoms with Gasteiger partial charge in [-0.25, -0.2) is 0 Å². The van der Waals surface area contributed by atoms with Crippen LogP contribution in [0.4, 0.5) is 0 Å². The first kappa shape index (κ1) is 10.1. The Morgan fingerprint density at radius 3 is 2.93 bits per heavy atom. The molecule has 2 rings (SSSR count). The minimum atomic E-state index is -0.333. The van der Waals surface area contributed by atoms with E-state index in [1.807, 2.05) is 12.3 Å². The van der Waals surface area contributed by atoms with Crippen molar-refractivity contribution in [3.05, 3.63) is 21.9 Å². The standard InChI is InChI=1S/C11H16O2S/c1-7-3-4-14-11(7)10(12)9-5-8(2)13-6-9/h3-4,8-10,12H,5-6H2,1-2H3. The molecule has 0 aliphatic carbocycles. The summed E-state index contributed by atoms with van der Waals surface area (Å²) < 4.78 is 5.47. The lowest BCUT2D eigenvalue weighted by Crippen LogP contribution is -2.12. The van der Waals surface area contributed by atoms with E-state index in [2.05, 4.69) is 13.0 Å². The number of aliphatic hydroxyl groups excluding tert-OH is 1. The van der Waals surface area contributed by atoms with Gasteiger partial charge in [0, 0.05) is 10.8 Å². The molecule has 0 aromatic carbocycles. The highest BCUT2D eigenvalue weighted by molar-refractivity contribution is 7.10. The van der Waals surface area contributed by atoms with Gasteiger partial charge in [-0.15, -0.1) is 11.3 Å². The molecule has 1 aromatic heterocycles. The minimum absolute atomic E-state index is 0.280. The van der Waals surface area contributed by atoms with E-state index in [9.17, 15) is 5.11 Å². The van der Waals surface area contributed by atoms with Crippen LogP contribution in [0, 0.1) is 12.8 Å². The Morgan fingerprint density at radius 1 is 1.64 bits per heavy atom. The lowest BCUT2D eigenvalue weighted by atomic mass is 9.97. The predicted molar refractivity (Wildman–Crippen MR) is 57.5 cm³/mol. The molecule has 14 heavy (non-hydrogen) atoms. The third-order valence-electron chi connectivity index (χ3n) is 2.85. The van der Waals surface area contributed by atoms with Crippen molar-refractivity contribution in [2.45, 2.75) is 32.5 Å². The molecule has 0 radical (unpaired) electrons. The van der Waals surface area contributed by atoms with Gasteiger partial charge in [0.25, 0.3) is 0 Å². The number of hydrogen-bond donors (Lipinski definition) is 1. The van der Waals surface area contributed by atoms with Crippen molar-refractivity contribution >= 4 is 11.3 Å². The van der Waals surface area contributed by atoms with Crippen LogP contribution in [0.3, 0.4) is 0 Å². The summed E-state index contributed by atoms with van der Waals surface area (Å²) in [6, 6.07) is 2.06. The van der Waals surface area contributed by atoms with Crippen molar-refractivity contribution < 1.29 is 9.84 Å². The van der Waals surface area contributed by atoms with Gasteiger partial charge in [0.2, 0.25) is 0 Å². The Balaban J connectivity index is 2.09. The maximum Gasteiger partial charge on any atom is 0.0935 e. The number of hydrogen-bond acceptors (Lipinski definition) is 3. The zero-order valence-corrected chi connectivity index (χ0v) is 9.38. The lowest BCUT2D eigenvalue weighted by Gasteiger charge is -2.15. The van der Waals surface area contributed by atoms with Crippen molar-refractivity contribution in [3.63, 3.8) is 0 Å². The van der Waals surface area contributed by atoms with E-state index >= 15 is 0 Å². The van der Waals surface area contributed by atoms with Gasteiger partial charge in [-0.05, 0) is 37.3 Å². The monoisotopic (exact) mass is 212 g/mol. The van der Waals surface area contributed by atoms with Crippen LogP contribution in [0.1, 0.15) is 29.9 Å². The second-order valence-corrected chi connectivity index (χ2v) is 5.00. The summed E-state index contributed by atoms with van der Waals surface area (Å²) in [5.74, 6) is 0.280. The summed E-state index contributed by atoms with van der Waals surface area (Å²) in [5, 5.41) is 12.2. The topological polar surface area (TPSA) is 29.5 Å². The molecule has 1 N–H and O–H groups in total. The van der Waals surface area contributed by atoms with Crippen LogP contribution in [0.5, 0.6) is 0 Å². The fraction of sp³-hybridized carbons (Fsp3) is 0.636. The average molecular weight is 212 g/mol. The van der Waals surface area contributed by atoms with Crippen molar-refractivity contribution in [2.75, 3.05) is 6.61 Å². The molecular weight excluding hydrogens is 196 g/mol. The minimum Gasteiger partial charge on any atom is -0.387 e. The van der Waals surface area contributed by atoms with Gasteiger partial charge in [0.05, 0.1) is 18.8 Å². The van der Waals surface area contributed by atoms with Gasteiger partial charge in [0.15, 0.2) is 0 Å². The fourth-order valence-electron chi connectivity index (χ4n) is 1.97. The molecule has 1 aromatic rings. The second kappa shape index (κ2) is 4.01. The first-order valence-corrected chi connectivity index (χ1v) is 5.90. The number of aliphatic hydroxyl groups is 1. The van der Waals surface area contributed by atoms with Crippen LogP contribution >= 0.6 is 11.3 Å². The van der Waals surface area contributed by atoms with Crippen LogP contribution in [-0.2, 0) is 4.74 Å². The highest BCUT2D eigenvalue weighted by Crippen LogP contribution is 2.35. The highest BCUT2D eigenvalue weighted by atomic mass is 32.1. The lowest BCUT2D eigenvalue weighted by molar-refractivity contribution is 0.0820. The van der Waals surface area contributed by atoms with E-state index in [0.29, 0.717) is 12.7 Å². The molecule has 78 valence electrons. The van der Waals surface area contributed by atoms with Gasteiger partial charge < -0.3 is 9.84 Å². The molecular formula is C11H16O2S. The summed E-state index contributed by atoms with van der Waals surface area (Å²) in [4.78, 5) is 1.10. The number of rotatable bonds is 2. The maximum absolute atomic E-state index is 10.1. The Kier molecular flexibility index (Phi) is 2.91. The zero-order valence-electron chi connectivity index (χ0n) is 8.56. The van der Waals surface area contributed by atoms with Crippen LogP contribution in [-0.4, -0.2) is 17.8 Å². The van der Waals surface area contributed by atoms with Crippen molar-refractivity contribution in [3.8, 4) is 0 Å². The summed E-state index contributed by atoms with van der Waals surface area (Å²) in [5.41, 5.74) is 1.20. The Bertz CT molecular complexity index is 308. The summed E-state index contributed by atoms with van der Waals surface area (Å²) in [7, 11) is 0. The molecule has 0 spiro atoms. The summed E-state index contributed by atoms with van der Waals surface area (Å²) in [6.45, 7) is 4.81. The van der Waals surface area contributed by atoms with Gasteiger partial charge in [-0.3, -0.25) is 0 Å². The Labute approximate surface area is 88.5 Å². The van der Waals surface area contributed by atoms with Crippen LogP contribution in [0.25, 0.3) is 0 Å². The molecule has 3 atom stereocenters. The Hall–Kier alpha value is -0.380. The van der Waals surface area contributed by atoms with E-state index in [1.54, 1.807) is 11.3 Å². The van der Waals surface area contributed by atoms with Crippen LogP contribution < -0.4 is 0 Å². The molecule has 1 saturated heterocycles. The van der Waals surface area contributed by atoms with Crippen molar-refractivity contribution in [1.82, 2.24) is 0 Å². The number of thiophene rings is 1. The molecule has 3 heteroatoms. The molecule has 0 saturated carbocycles.